The number of methoxy groups -OCH3 is 1. The molecule has 26 heavy (non-hydrogen) atoms. The molecule has 134 valence electrons. The molecule has 0 radical (unpaired) electrons. The van der Waals surface area contributed by atoms with E-state index in [1.165, 1.54) is 26.2 Å². The second-order valence-corrected chi connectivity index (χ2v) is 5.55. The molecule has 0 atom stereocenters. The van der Waals surface area contributed by atoms with Crippen LogP contribution >= 0.6 is 0 Å². The van der Waals surface area contributed by atoms with Gasteiger partial charge in [0.2, 0.25) is 0 Å². The van der Waals surface area contributed by atoms with Gasteiger partial charge >= 0.3 is 0 Å². The average molecular weight is 362 g/mol. The van der Waals surface area contributed by atoms with E-state index in [1.807, 2.05) is 0 Å². The van der Waals surface area contributed by atoms with Gasteiger partial charge in [-0.05, 0) is 31.2 Å². The van der Waals surface area contributed by atoms with Gasteiger partial charge in [-0.1, -0.05) is 0 Å². The van der Waals surface area contributed by atoms with E-state index in [4.69, 9.17) is 4.74 Å². The molecule has 0 aliphatic carbocycles. The Bertz CT molecular complexity index is 934. The predicted molar refractivity (Wildman–Crippen MR) is 88.2 cm³/mol. The summed E-state index contributed by atoms with van der Waals surface area (Å²) in [4.78, 5) is 25.3. The first-order chi connectivity index (χ1) is 12.3. The predicted octanol–water partition coefficient (Wildman–Crippen LogP) is 3.29. The lowest BCUT2D eigenvalue weighted by Crippen LogP contribution is -2.32. The van der Waals surface area contributed by atoms with Crippen LogP contribution in [0.4, 0.5) is 24.5 Å². The Balaban J connectivity index is 1.87. The maximum absolute atomic E-state index is 13.8. The SMILES string of the molecule is COc1ccc(N2C(=O)C=C(Nc3cc(F)c(C)c(F)c3)C2=O)cc1F. The molecular formula is C18H13F3N2O3. The molecule has 8 heteroatoms. The van der Waals surface area contributed by atoms with E-state index in [9.17, 15) is 22.8 Å². The number of hydrogen-bond acceptors (Lipinski definition) is 4. The number of carbonyl (C=O) groups excluding carboxylic acids is 2. The molecule has 0 saturated heterocycles. The van der Waals surface area contributed by atoms with Gasteiger partial charge < -0.3 is 10.1 Å². The number of anilines is 2. The number of benzene rings is 2. The minimum Gasteiger partial charge on any atom is -0.494 e. The van der Waals surface area contributed by atoms with Crippen molar-refractivity contribution in [3.63, 3.8) is 0 Å². The van der Waals surface area contributed by atoms with E-state index >= 15 is 0 Å². The molecule has 5 nitrogen and oxygen atoms in total. The quantitative estimate of drug-likeness (QED) is 0.848. The minimum absolute atomic E-state index is 0.00705. The highest BCUT2D eigenvalue weighted by molar-refractivity contribution is 6.31. The molecule has 0 unspecified atom stereocenters. The van der Waals surface area contributed by atoms with Crippen LogP contribution in [0.2, 0.25) is 0 Å². The van der Waals surface area contributed by atoms with Gasteiger partial charge in [0.15, 0.2) is 11.6 Å². The van der Waals surface area contributed by atoms with E-state index in [2.05, 4.69) is 5.32 Å². The third kappa shape index (κ3) is 3.01. The van der Waals surface area contributed by atoms with Crippen LogP contribution < -0.4 is 15.0 Å². The fourth-order valence-corrected chi connectivity index (χ4v) is 2.47. The zero-order valence-electron chi connectivity index (χ0n) is 13.8. The van der Waals surface area contributed by atoms with Gasteiger partial charge in [-0.3, -0.25) is 9.59 Å². The molecular weight excluding hydrogens is 349 g/mol. The van der Waals surface area contributed by atoms with Gasteiger partial charge in [-0.15, -0.1) is 0 Å². The maximum Gasteiger partial charge on any atom is 0.281 e. The van der Waals surface area contributed by atoms with E-state index in [0.717, 1.165) is 29.2 Å². The lowest BCUT2D eigenvalue weighted by Gasteiger charge is -2.16. The van der Waals surface area contributed by atoms with Crippen LogP contribution in [0.3, 0.4) is 0 Å². The number of amides is 2. The van der Waals surface area contributed by atoms with E-state index < -0.39 is 29.3 Å². The van der Waals surface area contributed by atoms with Crippen molar-refractivity contribution in [2.75, 3.05) is 17.3 Å². The largest absolute Gasteiger partial charge is 0.494 e. The van der Waals surface area contributed by atoms with Crippen LogP contribution in [-0.4, -0.2) is 18.9 Å². The molecule has 0 spiro atoms. The summed E-state index contributed by atoms with van der Waals surface area (Å²) in [5.41, 5.74) is -0.365. The zero-order valence-corrected chi connectivity index (χ0v) is 13.8. The molecule has 1 heterocycles. The summed E-state index contributed by atoms with van der Waals surface area (Å²) < 4.78 is 45.9. The Morgan fingerprint density at radius 2 is 1.65 bits per heavy atom. The highest BCUT2D eigenvalue weighted by atomic mass is 19.1. The van der Waals surface area contributed by atoms with Gasteiger partial charge in [0.1, 0.15) is 17.3 Å². The van der Waals surface area contributed by atoms with Gasteiger partial charge in [0, 0.05) is 23.4 Å². The molecule has 0 aromatic heterocycles. The van der Waals surface area contributed by atoms with E-state index in [-0.39, 0.29) is 28.4 Å². The smallest absolute Gasteiger partial charge is 0.281 e. The number of nitrogens with zero attached hydrogens (tertiary/aromatic N) is 1. The molecule has 0 fully saturated rings. The third-order valence-corrected chi connectivity index (χ3v) is 3.88. The summed E-state index contributed by atoms with van der Waals surface area (Å²) in [6, 6.07) is 5.62. The topological polar surface area (TPSA) is 58.6 Å². The Morgan fingerprint density at radius 3 is 2.23 bits per heavy atom. The van der Waals surface area contributed by atoms with Gasteiger partial charge in [0.25, 0.3) is 11.8 Å². The Kier molecular flexibility index (Phi) is 4.41. The number of halogens is 3. The van der Waals surface area contributed by atoms with Crippen LogP contribution in [0.5, 0.6) is 5.75 Å². The van der Waals surface area contributed by atoms with E-state index in [1.54, 1.807) is 0 Å². The third-order valence-electron chi connectivity index (χ3n) is 3.88. The fourth-order valence-electron chi connectivity index (χ4n) is 2.47. The van der Waals surface area contributed by atoms with Gasteiger partial charge in [-0.25, -0.2) is 18.1 Å². The molecule has 2 amide bonds. The second kappa shape index (κ2) is 6.55. The van der Waals surface area contributed by atoms with Crippen LogP contribution in [0.25, 0.3) is 0 Å². The first kappa shape index (κ1) is 17.5. The van der Waals surface area contributed by atoms with Crippen molar-refractivity contribution in [3.8, 4) is 5.75 Å². The highest BCUT2D eigenvalue weighted by Gasteiger charge is 2.33. The molecule has 1 aliphatic heterocycles. The number of carbonyl (C=O) groups is 2. The standard InChI is InChI=1S/C18H13F3N2O3/c1-9-12(19)5-10(6-13(9)20)22-15-8-17(24)23(18(15)25)11-3-4-16(26-2)14(21)7-11/h3-8,22H,1-2H3. The van der Waals surface area contributed by atoms with Crippen LogP contribution in [-0.2, 0) is 9.59 Å². The molecule has 1 N–H and O–H groups in total. The lowest BCUT2D eigenvalue weighted by molar-refractivity contribution is -0.120. The van der Waals surface area contributed by atoms with Crippen molar-refractivity contribution >= 4 is 23.2 Å². The monoisotopic (exact) mass is 362 g/mol. The second-order valence-electron chi connectivity index (χ2n) is 5.55. The summed E-state index contributed by atoms with van der Waals surface area (Å²) in [5, 5.41) is 2.52. The van der Waals surface area contributed by atoms with E-state index in [0.29, 0.717) is 0 Å². The van der Waals surface area contributed by atoms with Gasteiger partial charge in [-0.2, -0.15) is 0 Å². The summed E-state index contributed by atoms with van der Waals surface area (Å²) in [7, 11) is 1.29. The number of imide groups is 1. The first-order valence-electron chi connectivity index (χ1n) is 7.48. The molecule has 2 aromatic rings. The highest BCUT2D eigenvalue weighted by Crippen LogP contribution is 2.28. The van der Waals surface area contributed by atoms with Crippen molar-refractivity contribution in [2.45, 2.75) is 6.92 Å². The summed E-state index contributed by atoms with van der Waals surface area (Å²) in [6.07, 6.45) is 0.972. The number of nitrogens with one attached hydrogen (secondary N) is 1. The molecule has 1 aliphatic rings. The van der Waals surface area contributed by atoms with Crippen LogP contribution in [0, 0.1) is 24.4 Å². The summed E-state index contributed by atoms with van der Waals surface area (Å²) in [5.74, 6) is -3.85. The van der Waals surface area contributed by atoms with Crippen LogP contribution in [0.1, 0.15) is 5.56 Å². The van der Waals surface area contributed by atoms with Crippen molar-refractivity contribution < 1.29 is 27.5 Å². The summed E-state index contributed by atoms with van der Waals surface area (Å²) >= 11 is 0. The number of ether oxygens (including phenoxy) is 1. The number of rotatable bonds is 4. The Labute approximate surface area is 146 Å². The molecule has 3 rings (SSSR count). The first-order valence-corrected chi connectivity index (χ1v) is 7.48. The Hall–Kier alpha value is -3.29. The molecule has 0 saturated carbocycles. The van der Waals surface area contributed by atoms with Crippen LogP contribution in [0.15, 0.2) is 42.1 Å². The fraction of sp³-hybridized carbons (Fsp3) is 0.111. The normalized spacial score (nSPS) is 13.9. The lowest BCUT2D eigenvalue weighted by atomic mass is 10.2. The summed E-state index contributed by atoms with van der Waals surface area (Å²) in [6.45, 7) is 1.28. The maximum atomic E-state index is 13.8. The Morgan fingerprint density at radius 1 is 1.00 bits per heavy atom. The number of hydrogen-bond donors (Lipinski definition) is 1. The molecule has 2 aromatic carbocycles. The van der Waals surface area contributed by atoms with Crippen molar-refractivity contribution in [3.05, 3.63) is 65.1 Å². The average Bonchev–Trinajstić information content (AvgIpc) is 2.86. The van der Waals surface area contributed by atoms with Crippen molar-refractivity contribution in [1.29, 1.82) is 0 Å². The van der Waals surface area contributed by atoms with Crippen molar-refractivity contribution in [2.24, 2.45) is 0 Å². The van der Waals surface area contributed by atoms with Gasteiger partial charge in [0.05, 0.1) is 12.8 Å². The minimum atomic E-state index is -0.793. The van der Waals surface area contributed by atoms with Crippen molar-refractivity contribution in [1.82, 2.24) is 0 Å². The molecule has 0 bridgehead atoms. The zero-order chi connectivity index (χ0) is 19.0.